The molecule has 3 heterocycles. The zero-order valence-electron chi connectivity index (χ0n) is 15.4. The molecule has 0 saturated carbocycles. The van der Waals surface area contributed by atoms with E-state index in [1.807, 2.05) is 39.0 Å². The number of nitrogens with zero attached hydrogens (tertiary/aromatic N) is 7. The second-order valence-electron chi connectivity index (χ2n) is 6.68. The number of fused-ring (bicyclic) bond motifs is 1. The minimum Gasteiger partial charge on any atom is -0.267 e. The molecule has 0 unspecified atom stereocenters. The minimum absolute atomic E-state index is 0.159. The number of aryl methyl sites for hydroxylation is 1. The summed E-state index contributed by atoms with van der Waals surface area (Å²) in [4.78, 5) is 21.6. The molecule has 3 aromatic heterocycles. The first-order valence-electron chi connectivity index (χ1n) is 8.74. The Balaban J connectivity index is 1.84. The van der Waals surface area contributed by atoms with E-state index < -0.39 is 0 Å². The van der Waals surface area contributed by atoms with Crippen LogP contribution in [-0.4, -0.2) is 34.7 Å². The Bertz CT molecular complexity index is 1180. The summed E-state index contributed by atoms with van der Waals surface area (Å²) in [5, 5.41) is 13.4. The van der Waals surface area contributed by atoms with Gasteiger partial charge in [0, 0.05) is 18.3 Å². The lowest BCUT2D eigenvalue weighted by molar-refractivity contribution is 0.570. The van der Waals surface area contributed by atoms with Crippen LogP contribution in [0.5, 0.6) is 0 Å². The van der Waals surface area contributed by atoms with Crippen LogP contribution in [0.15, 0.2) is 47.5 Å². The molecular weight excluding hydrogens is 342 g/mol. The van der Waals surface area contributed by atoms with Gasteiger partial charge in [0.15, 0.2) is 11.6 Å². The van der Waals surface area contributed by atoms with Crippen LogP contribution in [-0.2, 0) is 6.54 Å². The summed E-state index contributed by atoms with van der Waals surface area (Å²) in [7, 11) is 0. The molecular formula is C19H19N7O. The molecule has 0 aliphatic carbocycles. The van der Waals surface area contributed by atoms with E-state index >= 15 is 0 Å². The largest absolute Gasteiger partial charge is 0.278 e. The summed E-state index contributed by atoms with van der Waals surface area (Å²) in [6, 6.07) is 9.05. The monoisotopic (exact) mass is 361 g/mol. The van der Waals surface area contributed by atoms with Crippen LogP contribution in [0.1, 0.15) is 37.0 Å². The number of hydrogen-bond donors (Lipinski definition) is 0. The van der Waals surface area contributed by atoms with Gasteiger partial charge in [0.05, 0.1) is 11.1 Å². The highest BCUT2D eigenvalue weighted by atomic mass is 16.1. The molecule has 8 nitrogen and oxygen atoms in total. The van der Waals surface area contributed by atoms with Gasteiger partial charge in [-0.2, -0.15) is 5.10 Å². The Morgan fingerprint density at radius 3 is 2.74 bits per heavy atom. The number of hydrogen-bond acceptors (Lipinski definition) is 6. The number of benzene rings is 1. The van der Waals surface area contributed by atoms with Crippen molar-refractivity contribution in [3.05, 3.63) is 70.3 Å². The zero-order valence-corrected chi connectivity index (χ0v) is 15.4. The first-order chi connectivity index (χ1) is 13.0. The van der Waals surface area contributed by atoms with Crippen molar-refractivity contribution in [3.63, 3.8) is 0 Å². The van der Waals surface area contributed by atoms with Crippen LogP contribution in [0, 0.1) is 6.92 Å². The van der Waals surface area contributed by atoms with Crippen LogP contribution in [0.2, 0.25) is 0 Å². The molecule has 27 heavy (non-hydrogen) atoms. The quantitative estimate of drug-likeness (QED) is 0.554. The molecule has 8 heteroatoms. The summed E-state index contributed by atoms with van der Waals surface area (Å²) in [6.45, 7) is 6.21. The van der Waals surface area contributed by atoms with Gasteiger partial charge in [0.1, 0.15) is 12.1 Å². The van der Waals surface area contributed by atoms with Crippen molar-refractivity contribution < 1.29 is 0 Å². The summed E-state index contributed by atoms with van der Waals surface area (Å²) >= 11 is 0. The van der Waals surface area contributed by atoms with E-state index in [2.05, 4.69) is 25.4 Å². The molecule has 0 aliphatic heterocycles. The van der Waals surface area contributed by atoms with Gasteiger partial charge >= 0.3 is 0 Å². The van der Waals surface area contributed by atoms with Gasteiger partial charge in [-0.15, -0.1) is 5.10 Å². The standard InChI is InChI=1S/C19H19N7O/c1-12(2)18-21-17(26(23-18)16-8-9-20-10-13(16)3)11-25-19(27)14-6-4-5-7-15(14)22-24-25/h4-10,12H,11H2,1-3H3. The number of rotatable bonds is 4. The summed E-state index contributed by atoms with van der Waals surface area (Å²) < 4.78 is 3.08. The van der Waals surface area contributed by atoms with Gasteiger partial charge in [-0.25, -0.2) is 14.3 Å². The Kier molecular flexibility index (Phi) is 4.23. The van der Waals surface area contributed by atoms with Crippen LogP contribution in [0.3, 0.4) is 0 Å². The topological polar surface area (TPSA) is 91.4 Å². The van der Waals surface area contributed by atoms with Crippen molar-refractivity contribution in [2.24, 2.45) is 0 Å². The van der Waals surface area contributed by atoms with Crippen molar-refractivity contribution in [3.8, 4) is 5.69 Å². The highest BCUT2D eigenvalue weighted by Crippen LogP contribution is 2.17. The molecule has 0 spiro atoms. The van der Waals surface area contributed by atoms with Crippen LogP contribution in [0.25, 0.3) is 16.6 Å². The van der Waals surface area contributed by atoms with Gasteiger partial charge in [-0.1, -0.05) is 31.2 Å². The average molecular weight is 361 g/mol. The smallest absolute Gasteiger partial charge is 0.267 e. The highest BCUT2D eigenvalue weighted by molar-refractivity contribution is 5.76. The molecule has 0 saturated heterocycles. The molecule has 136 valence electrons. The Labute approximate surface area is 155 Å². The van der Waals surface area contributed by atoms with Gasteiger partial charge < -0.3 is 0 Å². The van der Waals surface area contributed by atoms with Crippen molar-refractivity contribution >= 4 is 10.9 Å². The predicted octanol–water partition coefficient (Wildman–Crippen LogP) is 2.25. The summed E-state index contributed by atoms with van der Waals surface area (Å²) in [6.07, 6.45) is 3.49. The number of aromatic nitrogens is 7. The van der Waals surface area contributed by atoms with Crippen molar-refractivity contribution in [1.82, 2.24) is 34.7 Å². The van der Waals surface area contributed by atoms with Crippen molar-refractivity contribution in [1.29, 1.82) is 0 Å². The zero-order chi connectivity index (χ0) is 19.0. The molecule has 4 rings (SSSR count). The molecule has 0 aliphatic rings. The van der Waals surface area contributed by atoms with E-state index in [0.29, 0.717) is 22.6 Å². The normalized spacial score (nSPS) is 11.4. The third-order valence-electron chi connectivity index (χ3n) is 4.35. The van der Waals surface area contributed by atoms with Gasteiger partial charge in [-0.3, -0.25) is 9.78 Å². The SMILES string of the molecule is Cc1cnccc1-n1nc(C(C)C)nc1Cn1nnc2ccccc2c1=O. The maximum Gasteiger partial charge on any atom is 0.278 e. The van der Waals surface area contributed by atoms with Crippen molar-refractivity contribution in [2.75, 3.05) is 0 Å². The van der Waals surface area contributed by atoms with Crippen LogP contribution in [0.4, 0.5) is 0 Å². The predicted molar refractivity (Wildman–Crippen MR) is 101 cm³/mol. The van der Waals surface area contributed by atoms with Crippen LogP contribution >= 0.6 is 0 Å². The van der Waals surface area contributed by atoms with E-state index in [0.717, 1.165) is 11.3 Å². The minimum atomic E-state index is -0.201. The molecule has 0 radical (unpaired) electrons. The highest BCUT2D eigenvalue weighted by Gasteiger charge is 2.17. The first kappa shape index (κ1) is 17.0. The lowest BCUT2D eigenvalue weighted by Gasteiger charge is -2.09. The Hall–Kier alpha value is -3.42. The van der Waals surface area contributed by atoms with Gasteiger partial charge in [0.2, 0.25) is 0 Å². The average Bonchev–Trinajstić information content (AvgIpc) is 3.09. The first-order valence-corrected chi connectivity index (χ1v) is 8.74. The third-order valence-corrected chi connectivity index (χ3v) is 4.35. The lowest BCUT2D eigenvalue weighted by atomic mass is 10.2. The lowest BCUT2D eigenvalue weighted by Crippen LogP contribution is -2.26. The summed E-state index contributed by atoms with van der Waals surface area (Å²) in [5.74, 6) is 1.49. The molecule has 0 N–H and O–H groups in total. The molecule has 0 fully saturated rings. The Morgan fingerprint density at radius 2 is 1.96 bits per heavy atom. The van der Waals surface area contributed by atoms with E-state index in [1.165, 1.54) is 4.68 Å². The fraction of sp³-hybridized carbons (Fsp3) is 0.263. The molecule has 1 aromatic carbocycles. The summed E-state index contributed by atoms with van der Waals surface area (Å²) in [5.41, 5.74) is 2.22. The molecule has 0 amide bonds. The van der Waals surface area contributed by atoms with E-state index in [9.17, 15) is 4.79 Å². The van der Waals surface area contributed by atoms with Gasteiger partial charge in [-0.05, 0) is 30.7 Å². The fourth-order valence-corrected chi connectivity index (χ4v) is 2.87. The second-order valence-corrected chi connectivity index (χ2v) is 6.68. The van der Waals surface area contributed by atoms with Crippen LogP contribution < -0.4 is 5.56 Å². The van der Waals surface area contributed by atoms with E-state index in [4.69, 9.17) is 0 Å². The molecule has 4 aromatic rings. The molecule has 0 bridgehead atoms. The second kappa shape index (κ2) is 6.71. The van der Waals surface area contributed by atoms with E-state index in [1.54, 1.807) is 29.2 Å². The van der Waals surface area contributed by atoms with Gasteiger partial charge in [0.25, 0.3) is 5.56 Å². The number of pyridine rings is 1. The van der Waals surface area contributed by atoms with Crippen molar-refractivity contribution in [2.45, 2.75) is 33.2 Å². The van der Waals surface area contributed by atoms with E-state index in [-0.39, 0.29) is 18.0 Å². The Morgan fingerprint density at radius 1 is 1.15 bits per heavy atom. The molecule has 0 atom stereocenters. The maximum atomic E-state index is 12.8. The maximum absolute atomic E-state index is 12.8. The third kappa shape index (κ3) is 3.10. The fourth-order valence-electron chi connectivity index (χ4n) is 2.87.